The van der Waals surface area contributed by atoms with E-state index in [1.165, 1.54) is 4.90 Å². The number of benzene rings is 2. The van der Waals surface area contributed by atoms with Crippen molar-refractivity contribution in [3.63, 3.8) is 0 Å². The Morgan fingerprint density at radius 3 is 2.58 bits per heavy atom. The SMILES string of the molecule is Cc1c(COc2ccccc2)cccc1NC(=O)N(C)C(C)CO. The standard InChI is InChI=1S/C19H24N2O3/c1-14(12-22)21(3)19(23)20-18-11-7-8-16(15(18)2)13-24-17-9-5-4-6-10-17/h4-11,14,22H,12-13H2,1-3H3,(H,20,23). The molecule has 0 aromatic heterocycles. The summed E-state index contributed by atoms with van der Waals surface area (Å²) < 4.78 is 5.78. The van der Waals surface area contributed by atoms with Crippen LogP contribution in [-0.2, 0) is 6.61 Å². The molecule has 0 spiro atoms. The molecule has 24 heavy (non-hydrogen) atoms. The third kappa shape index (κ3) is 4.49. The van der Waals surface area contributed by atoms with Gasteiger partial charge in [-0.2, -0.15) is 0 Å². The van der Waals surface area contributed by atoms with Crippen molar-refractivity contribution in [2.45, 2.75) is 26.5 Å². The Morgan fingerprint density at radius 2 is 1.92 bits per heavy atom. The van der Waals surface area contributed by atoms with Crippen molar-refractivity contribution in [2.75, 3.05) is 19.0 Å². The summed E-state index contributed by atoms with van der Waals surface area (Å²) in [5.41, 5.74) is 2.72. The maximum absolute atomic E-state index is 12.2. The Labute approximate surface area is 142 Å². The number of hydrogen-bond donors (Lipinski definition) is 2. The van der Waals surface area contributed by atoms with Crippen molar-refractivity contribution >= 4 is 11.7 Å². The molecule has 0 bridgehead atoms. The first kappa shape index (κ1) is 17.8. The minimum Gasteiger partial charge on any atom is -0.489 e. The Balaban J connectivity index is 2.06. The topological polar surface area (TPSA) is 61.8 Å². The van der Waals surface area contributed by atoms with Crippen molar-refractivity contribution in [2.24, 2.45) is 0 Å². The first-order chi connectivity index (χ1) is 11.5. The van der Waals surface area contributed by atoms with Gasteiger partial charge in [0.15, 0.2) is 0 Å². The summed E-state index contributed by atoms with van der Waals surface area (Å²) in [5.74, 6) is 0.808. The van der Waals surface area contributed by atoms with Gasteiger partial charge >= 0.3 is 6.03 Å². The minimum absolute atomic E-state index is 0.0755. The van der Waals surface area contributed by atoms with Crippen LogP contribution in [0.5, 0.6) is 5.75 Å². The zero-order chi connectivity index (χ0) is 17.5. The van der Waals surface area contributed by atoms with E-state index in [1.54, 1.807) is 14.0 Å². The summed E-state index contributed by atoms with van der Waals surface area (Å²) in [7, 11) is 1.66. The number of ether oxygens (including phenoxy) is 1. The molecule has 2 N–H and O–H groups in total. The molecule has 0 aliphatic heterocycles. The largest absolute Gasteiger partial charge is 0.489 e. The molecule has 0 radical (unpaired) electrons. The Morgan fingerprint density at radius 1 is 1.21 bits per heavy atom. The summed E-state index contributed by atoms with van der Waals surface area (Å²) in [6.07, 6.45) is 0. The molecule has 5 nitrogen and oxygen atoms in total. The van der Waals surface area contributed by atoms with Crippen LogP contribution in [0, 0.1) is 6.92 Å². The van der Waals surface area contributed by atoms with E-state index in [-0.39, 0.29) is 18.7 Å². The zero-order valence-electron chi connectivity index (χ0n) is 14.3. The average molecular weight is 328 g/mol. The number of carbonyl (C=O) groups is 1. The van der Waals surface area contributed by atoms with Gasteiger partial charge in [0.2, 0.25) is 0 Å². The second-order valence-electron chi connectivity index (χ2n) is 5.76. The maximum atomic E-state index is 12.2. The summed E-state index contributed by atoms with van der Waals surface area (Å²) in [4.78, 5) is 13.7. The molecule has 0 heterocycles. The zero-order valence-corrected chi connectivity index (χ0v) is 14.3. The first-order valence-corrected chi connectivity index (χ1v) is 7.94. The highest BCUT2D eigenvalue weighted by Crippen LogP contribution is 2.21. The van der Waals surface area contributed by atoms with Crippen LogP contribution in [0.4, 0.5) is 10.5 Å². The van der Waals surface area contributed by atoms with Crippen LogP contribution in [-0.4, -0.2) is 35.7 Å². The molecule has 128 valence electrons. The van der Waals surface area contributed by atoms with E-state index >= 15 is 0 Å². The van der Waals surface area contributed by atoms with Crippen LogP contribution in [0.2, 0.25) is 0 Å². The normalized spacial score (nSPS) is 11.7. The lowest BCUT2D eigenvalue weighted by Crippen LogP contribution is -2.40. The Kier molecular flexibility index (Phi) is 6.21. The number of carbonyl (C=O) groups excluding carboxylic acids is 1. The maximum Gasteiger partial charge on any atom is 0.321 e. The monoisotopic (exact) mass is 328 g/mol. The predicted octanol–water partition coefficient (Wildman–Crippen LogP) is 3.42. The van der Waals surface area contributed by atoms with Gasteiger partial charge in [0.25, 0.3) is 0 Å². The van der Waals surface area contributed by atoms with E-state index in [0.717, 1.165) is 22.6 Å². The molecule has 2 aromatic carbocycles. The number of aliphatic hydroxyl groups excluding tert-OH is 1. The smallest absolute Gasteiger partial charge is 0.321 e. The molecular weight excluding hydrogens is 304 g/mol. The molecule has 5 heteroatoms. The van der Waals surface area contributed by atoms with Crippen LogP contribution in [0.25, 0.3) is 0 Å². The molecule has 2 rings (SSSR count). The van der Waals surface area contributed by atoms with Gasteiger partial charge in [0.1, 0.15) is 12.4 Å². The number of hydrogen-bond acceptors (Lipinski definition) is 3. The fourth-order valence-electron chi connectivity index (χ4n) is 2.18. The van der Waals surface area contributed by atoms with Gasteiger partial charge in [-0.25, -0.2) is 4.79 Å². The fraction of sp³-hybridized carbons (Fsp3) is 0.316. The van der Waals surface area contributed by atoms with Crippen LogP contribution in [0.15, 0.2) is 48.5 Å². The second kappa shape index (κ2) is 8.36. The van der Waals surface area contributed by atoms with Crippen molar-refractivity contribution in [1.82, 2.24) is 4.90 Å². The molecule has 0 saturated carbocycles. The molecule has 2 aromatic rings. The lowest BCUT2D eigenvalue weighted by molar-refractivity contribution is 0.166. The van der Waals surface area contributed by atoms with E-state index in [9.17, 15) is 4.79 Å². The highest BCUT2D eigenvalue weighted by atomic mass is 16.5. The van der Waals surface area contributed by atoms with Gasteiger partial charge in [0, 0.05) is 12.7 Å². The molecule has 0 saturated heterocycles. The number of likely N-dealkylation sites (N-methyl/N-ethyl adjacent to an activating group) is 1. The van der Waals surface area contributed by atoms with Crippen LogP contribution < -0.4 is 10.1 Å². The minimum atomic E-state index is -0.249. The summed E-state index contributed by atoms with van der Waals surface area (Å²) in [5, 5.41) is 12.0. The summed E-state index contributed by atoms with van der Waals surface area (Å²) in [6, 6.07) is 14.9. The molecule has 0 aliphatic carbocycles. The van der Waals surface area contributed by atoms with Gasteiger partial charge in [-0.05, 0) is 43.2 Å². The highest BCUT2D eigenvalue weighted by molar-refractivity contribution is 5.90. The second-order valence-corrected chi connectivity index (χ2v) is 5.76. The van der Waals surface area contributed by atoms with E-state index in [0.29, 0.717) is 6.61 Å². The van der Waals surface area contributed by atoms with Crippen molar-refractivity contribution in [3.8, 4) is 5.75 Å². The molecule has 0 aliphatic rings. The number of aliphatic hydroxyl groups is 1. The van der Waals surface area contributed by atoms with Gasteiger partial charge < -0.3 is 20.1 Å². The molecule has 0 fully saturated rings. The van der Waals surface area contributed by atoms with E-state index in [1.807, 2.05) is 55.5 Å². The summed E-state index contributed by atoms with van der Waals surface area (Å²) in [6.45, 7) is 4.10. The van der Waals surface area contributed by atoms with Crippen molar-refractivity contribution < 1.29 is 14.6 Å². The number of nitrogens with zero attached hydrogens (tertiary/aromatic N) is 1. The average Bonchev–Trinajstić information content (AvgIpc) is 2.61. The number of amides is 2. The first-order valence-electron chi connectivity index (χ1n) is 7.94. The Bertz CT molecular complexity index is 674. The van der Waals surface area contributed by atoms with Gasteiger partial charge in [-0.3, -0.25) is 0 Å². The molecular formula is C19H24N2O3. The van der Waals surface area contributed by atoms with Crippen molar-refractivity contribution in [3.05, 3.63) is 59.7 Å². The summed E-state index contributed by atoms with van der Waals surface area (Å²) >= 11 is 0. The fourth-order valence-corrected chi connectivity index (χ4v) is 2.18. The Hall–Kier alpha value is -2.53. The van der Waals surface area contributed by atoms with E-state index < -0.39 is 0 Å². The number of para-hydroxylation sites is 1. The van der Waals surface area contributed by atoms with E-state index in [2.05, 4.69) is 5.32 Å². The molecule has 1 unspecified atom stereocenters. The van der Waals surface area contributed by atoms with Gasteiger partial charge in [-0.1, -0.05) is 30.3 Å². The third-order valence-electron chi connectivity index (χ3n) is 4.07. The highest BCUT2D eigenvalue weighted by Gasteiger charge is 2.16. The molecule has 2 amide bonds. The van der Waals surface area contributed by atoms with Crippen molar-refractivity contribution in [1.29, 1.82) is 0 Å². The third-order valence-corrected chi connectivity index (χ3v) is 4.07. The van der Waals surface area contributed by atoms with Crippen LogP contribution >= 0.6 is 0 Å². The molecule has 1 atom stereocenters. The number of rotatable bonds is 6. The number of urea groups is 1. The van der Waals surface area contributed by atoms with Gasteiger partial charge in [-0.15, -0.1) is 0 Å². The quantitative estimate of drug-likeness (QED) is 0.854. The predicted molar refractivity (Wildman–Crippen MR) is 95.3 cm³/mol. The lowest BCUT2D eigenvalue weighted by atomic mass is 10.1. The number of anilines is 1. The number of nitrogens with one attached hydrogen (secondary N) is 1. The van der Waals surface area contributed by atoms with Crippen LogP contribution in [0.1, 0.15) is 18.1 Å². The lowest BCUT2D eigenvalue weighted by Gasteiger charge is -2.24. The van der Waals surface area contributed by atoms with E-state index in [4.69, 9.17) is 9.84 Å². The van der Waals surface area contributed by atoms with Crippen LogP contribution in [0.3, 0.4) is 0 Å². The van der Waals surface area contributed by atoms with Gasteiger partial charge in [0.05, 0.1) is 12.6 Å².